The summed E-state index contributed by atoms with van der Waals surface area (Å²) in [5.41, 5.74) is 4.62. The lowest BCUT2D eigenvalue weighted by Gasteiger charge is -2.06. The van der Waals surface area contributed by atoms with Gasteiger partial charge in [-0.05, 0) is 44.0 Å². The zero-order valence-electron chi connectivity index (χ0n) is 17.4. The minimum absolute atomic E-state index is 0.00675. The van der Waals surface area contributed by atoms with Crippen molar-refractivity contribution in [3.63, 3.8) is 0 Å². The van der Waals surface area contributed by atoms with Crippen molar-refractivity contribution in [1.82, 2.24) is 4.98 Å². The number of amides is 1. The smallest absolute Gasteiger partial charge is 0.226 e. The van der Waals surface area contributed by atoms with Crippen LogP contribution in [0.15, 0.2) is 46.9 Å². The second-order valence-corrected chi connectivity index (χ2v) is 9.34. The monoisotopic (exact) mass is 484 g/mol. The summed E-state index contributed by atoms with van der Waals surface area (Å²) in [7, 11) is 0. The number of aromatic nitrogens is 1. The van der Waals surface area contributed by atoms with Crippen LogP contribution in [0.25, 0.3) is 11.3 Å². The molecule has 0 spiro atoms. The summed E-state index contributed by atoms with van der Waals surface area (Å²) in [6, 6.07) is 13.8. The zero-order valence-corrected chi connectivity index (χ0v) is 19.8. The van der Waals surface area contributed by atoms with Crippen LogP contribution >= 0.6 is 27.3 Å². The number of anilines is 1. The van der Waals surface area contributed by atoms with Crippen molar-refractivity contribution in [2.75, 3.05) is 5.32 Å². The number of hydrogen-bond acceptors (Lipinski definition) is 4. The normalized spacial score (nSPS) is 10.8. The molecule has 0 bridgehead atoms. The number of Topliss-reactive ketones (excluding diaryl/α,β-unsaturated/α-hetero) is 1. The molecule has 2 aromatic carbocycles. The van der Waals surface area contributed by atoms with Crippen LogP contribution in [0.5, 0.6) is 0 Å². The van der Waals surface area contributed by atoms with Gasteiger partial charge in [0.2, 0.25) is 5.91 Å². The minimum atomic E-state index is -0.187. The number of carbonyl (C=O) groups is 2. The average Bonchev–Trinajstić information content (AvgIpc) is 3.11. The van der Waals surface area contributed by atoms with Crippen LogP contribution in [0, 0.1) is 13.8 Å². The Morgan fingerprint density at radius 3 is 2.50 bits per heavy atom. The van der Waals surface area contributed by atoms with Crippen molar-refractivity contribution in [1.29, 1.82) is 0 Å². The van der Waals surface area contributed by atoms with E-state index in [1.165, 1.54) is 11.3 Å². The SMILES string of the molecule is CCCc1sc(NC(=O)CCC(=O)c2cc(C)ccc2C)nc1-c1ccc(Br)cc1. The van der Waals surface area contributed by atoms with Crippen molar-refractivity contribution in [2.24, 2.45) is 0 Å². The van der Waals surface area contributed by atoms with E-state index in [1.807, 2.05) is 56.3 Å². The molecule has 30 heavy (non-hydrogen) atoms. The van der Waals surface area contributed by atoms with E-state index in [-0.39, 0.29) is 24.5 Å². The first-order valence-electron chi connectivity index (χ1n) is 10.0. The molecular weight excluding hydrogens is 460 g/mol. The molecule has 0 fully saturated rings. The number of rotatable bonds is 8. The molecule has 0 saturated carbocycles. The molecule has 0 radical (unpaired) electrons. The van der Waals surface area contributed by atoms with Crippen LogP contribution in [0.4, 0.5) is 5.13 Å². The third kappa shape index (κ3) is 5.64. The fourth-order valence-corrected chi connectivity index (χ4v) is 4.58. The molecule has 6 heteroatoms. The van der Waals surface area contributed by atoms with Gasteiger partial charge in [-0.3, -0.25) is 9.59 Å². The number of hydrogen-bond donors (Lipinski definition) is 1. The third-order valence-corrected chi connectivity index (χ3v) is 6.37. The summed E-state index contributed by atoms with van der Waals surface area (Å²) in [5, 5.41) is 3.47. The standard InChI is InChI=1S/C24H25BrN2O2S/c1-4-5-21-23(17-8-10-18(25)11-9-17)27-24(30-21)26-22(29)13-12-20(28)19-14-15(2)6-7-16(19)3/h6-11,14H,4-5,12-13H2,1-3H3,(H,26,27,29). The Morgan fingerprint density at radius 1 is 1.07 bits per heavy atom. The lowest BCUT2D eigenvalue weighted by atomic mass is 9.99. The number of ketones is 1. The van der Waals surface area contributed by atoms with Crippen molar-refractivity contribution in [2.45, 2.75) is 46.5 Å². The predicted octanol–water partition coefficient (Wildman–Crippen LogP) is 6.74. The van der Waals surface area contributed by atoms with Gasteiger partial charge in [0.25, 0.3) is 0 Å². The van der Waals surface area contributed by atoms with Crippen LogP contribution < -0.4 is 5.32 Å². The van der Waals surface area contributed by atoms with E-state index < -0.39 is 0 Å². The summed E-state index contributed by atoms with van der Waals surface area (Å²) < 4.78 is 1.01. The Hall–Kier alpha value is -2.31. The van der Waals surface area contributed by atoms with Gasteiger partial charge in [0.15, 0.2) is 10.9 Å². The second kappa shape index (κ2) is 10.1. The number of nitrogens with zero attached hydrogens (tertiary/aromatic N) is 1. The number of halogens is 1. The number of carbonyl (C=O) groups excluding carboxylic acids is 2. The first-order valence-corrected chi connectivity index (χ1v) is 11.6. The Balaban J connectivity index is 1.67. The maximum absolute atomic E-state index is 12.5. The molecule has 4 nitrogen and oxygen atoms in total. The molecule has 0 saturated heterocycles. The molecule has 1 amide bonds. The summed E-state index contributed by atoms with van der Waals surface area (Å²) in [6.45, 7) is 6.01. The molecule has 0 unspecified atom stereocenters. The van der Waals surface area contributed by atoms with E-state index in [9.17, 15) is 9.59 Å². The van der Waals surface area contributed by atoms with E-state index in [1.54, 1.807) is 0 Å². The van der Waals surface area contributed by atoms with Gasteiger partial charge in [-0.2, -0.15) is 0 Å². The average molecular weight is 485 g/mol. The maximum Gasteiger partial charge on any atom is 0.226 e. The molecule has 0 aliphatic rings. The van der Waals surface area contributed by atoms with Crippen LogP contribution in [0.3, 0.4) is 0 Å². The van der Waals surface area contributed by atoms with Gasteiger partial charge in [0, 0.05) is 33.3 Å². The number of benzene rings is 2. The zero-order chi connectivity index (χ0) is 21.7. The first kappa shape index (κ1) is 22.4. The topological polar surface area (TPSA) is 59.1 Å². The fourth-order valence-electron chi connectivity index (χ4n) is 3.21. The summed E-state index contributed by atoms with van der Waals surface area (Å²) in [5.74, 6) is -0.194. The second-order valence-electron chi connectivity index (χ2n) is 7.34. The van der Waals surface area contributed by atoms with Crippen LogP contribution in [0.2, 0.25) is 0 Å². The van der Waals surface area contributed by atoms with Crippen LogP contribution in [-0.4, -0.2) is 16.7 Å². The number of nitrogens with one attached hydrogen (secondary N) is 1. The van der Waals surface area contributed by atoms with Gasteiger partial charge in [0.05, 0.1) is 5.69 Å². The van der Waals surface area contributed by atoms with Gasteiger partial charge in [-0.15, -0.1) is 11.3 Å². The summed E-state index contributed by atoms with van der Waals surface area (Å²) in [6.07, 6.45) is 2.24. The molecule has 1 aromatic heterocycles. The molecule has 0 aliphatic heterocycles. The number of aryl methyl sites for hydroxylation is 3. The summed E-state index contributed by atoms with van der Waals surface area (Å²) >= 11 is 4.96. The molecule has 1 heterocycles. The van der Waals surface area contributed by atoms with Crippen LogP contribution in [0.1, 0.15) is 52.5 Å². The molecule has 3 aromatic rings. The molecule has 3 rings (SSSR count). The Labute approximate surface area is 189 Å². The highest BCUT2D eigenvalue weighted by Crippen LogP contribution is 2.33. The largest absolute Gasteiger partial charge is 0.302 e. The van der Waals surface area contributed by atoms with Gasteiger partial charge in [0.1, 0.15) is 0 Å². The van der Waals surface area contributed by atoms with Crippen LogP contribution in [-0.2, 0) is 11.2 Å². The minimum Gasteiger partial charge on any atom is -0.302 e. The lowest BCUT2D eigenvalue weighted by molar-refractivity contribution is -0.116. The van der Waals surface area contributed by atoms with Crippen molar-refractivity contribution >= 4 is 44.1 Å². The van der Waals surface area contributed by atoms with Gasteiger partial charge in [-0.25, -0.2) is 4.98 Å². The molecule has 156 valence electrons. The van der Waals surface area contributed by atoms with E-state index in [0.717, 1.165) is 44.6 Å². The molecule has 0 atom stereocenters. The predicted molar refractivity (Wildman–Crippen MR) is 127 cm³/mol. The fraction of sp³-hybridized carbons (Fsp3) is 0.292. The Bertz CT molecular complexity index is 1060. The van der Waals surface area contributed by atoms with E-state index in [0.29, 0.717) is 10.7 Å². The van der Waals surface area contributed by atoms with Gasteiger partial charge >= 0.3 is 0 Å². The van der Waals surface area contributed by atoms with E-state index >= 15 is 0 Å². The lowest BCUT2D eigenvalue weighted by Crippen LogP contribution is -2.13. The van der Waals surface area contributed by atoms with E-state index in [4.69, 9.17) is 0 Å². The Kier molecular flexibility index (Phi) is 7.56. The molecule has 0 aliphatic carbocycles. The van der Waals surface area contributed by atoms with Gasteiger partial charge in [-0.1, -0.05) is 59.1 Å². The maximum atomic E-state index is 12.5. The first-order chi connectivity index (χ1) is 14.4. The van der Waals surface area contributed by atoms with Crippen molar-refractivity contribution in [3.8, 4) is 11.3 Å². The summed E-state index contributed by atoms with van der Waals surface area (Å²) in [4.78, 5) is 30.8. The highest BCUT2D eigenvalue weighted by Gasteiger charge is 2.16. The molecular formula is C24H25BrN2O2S. The quantitative estimate of drug-likeness (QED) is 0.360. The van der Waals surface area contributed by atoms with Crippen molar-refractivity contribution in [3.05, 3.63) is 68.5 Å². The highest BCUT2D eigenvalue weighted by molar-refractivity contribution is 9.10. The van der Waals surface area contributed by atoms with E-state index in [2.05, 4.69) is 33.2 Å². The molecule has 1 N–H and O–H groups in total. The number of thiazole rings is 1. The van der Waals surface area contributed by atoms with Gasteiger partial charge < -0.3 is 5.32 Å². The highest BCUT2D eigenvalue weighted by atomic mass is 79.9. The van der Waals surface area contributed by atoms with Crippen molar-refractivity contribution < 1.29 is 9.59 Å². The third-order valence-electron chi connectivity index (χ3n) is 4.81. The Morgan fingerprint density at radius 2 is 1.80 bits per heavy atom.